The predicted molar refractivity (Wildman–Crippen MR) is 120 cm³/mol. The average Bonchev–Trinajstić information content (AvgIpc) is 3.49. The lowest BCUT2D eigenvalue weighted by molar-refractivity contribution is -0.151. The van der Waals surface area contributed by atoms with Gasteiger partial charge in [-0.15, -0.1) is 10.2 Å². The number of halogens is 1. The first kappa shape index (κ1) is 23.3. The van der Waals surface area contributed by atoms with Crippen LogP contribution >= 0.6 is 11.6 Å². The highest BCUT2D eigenvalue weighted by atomic mass is 35.5. The van der Waals surface area contributed by atoms with Crippen LogP contribution in [0, 0.1) is 12.3 Å². The third-order valence-corrected chi connectivity index (χ3v) is 6.22. The summed E-state index contributed by atoms with van der Waals surface area (Å²) in [4.78, 5) is 24.4. The standard InChI is InChI=1S/C23H31ClN4O3/c1-15-17(24)7-5-8-18(15)25-21(29)13-12-20-27-26-19(28(20)16-10-11-16)9-6-14-23(2,3)22(30)31-4/h5,7-8,16H,6,9-14H2,1-4H3,(H,25,29). The molecule has 0 spiro atoms. The summed E-state index contributed by atoms with van der Waals surface area (Å²) in [5.41, 5.74) is 1.07. The van der Waals surface area contributed by atoms with E-state index < -0.39 is 5.41 Å². The number of aromatic nitrogens is 3. The van der Waals surface area contributed by atoms with E-state index in [1.807, 2.05) is 32.9 Å². The zero-order valence-corrected chi connectivity index (χ0v) is 19.5. The number of carbonyl (C=O) groups excluding carboxylic acids is 2. The summed E-state index contributed by atoms with van der Waals surface area (Å²) in [5.74, 6) is 1.52. The van der Waals surface area contributed by atoms with Crippen LogP contribution in [0.1, 0.15) is 69.2 Å². The van der Waals surface area contributed by atoms with Crippen molar-refractivity contribution in [2.24, 2.45) is 5.41 Å². The maximum Gasteiger partial charge on any atom is 0.311 e. The summed E-state index contributed by atoms with van der Waals surface area (Å²) in [5, 5.41) is 12.3. The summed E-state index contributed by atoms with van der Waals surface area (Å²) in [6.45, 7) is 5.68. The van der Waals surface area contributed by atoms with Crippen LogP contribution in [-0.2, 0) is 27.2 Å². The van der Waals surface area contributed by atoms with Crippen molar-refractivity contribution in [3.05, 3.63) is 40.4 Å². The van der Waals surface area contributed by atoms with Crippen LogP contribution in [0.15, 0.2) is 18.2 Å². The van der Waals surface area contributed by atoms with E-state index in [2.05, 4.69) is 20.1 Å². The molecule has 168 valence electrons. The molecule has 1 amide bonds. The number of methoxy groups -OCH3 is 1. The zero-order chi connectivity index (χ0) is 22.6. The van der Waals surface area contributed by atoms with Gasteiger partial charge in [0.25, 0.3) is 0 Å². The lowest BCUT2D eigenvalue weighted by atomic mass is 9.87. The SMILES string of the molecule is COC(=O)C(C)(C)CCCc1nnc(CCC(=O)Nc2cccc(Cl)c2C)n1C1CC1. The maximum atomic E-state index is 12.5. The second kappa shape index (κ2) is 9.81. The monoisotopic (exact) mass is 446 g/mol. The number of amides is 1. The highest BCUT2D eigenvalue weighted by molar-refractivity contribution is 6.31. The minimum absolute atomic E-state index is 0.0721. The van der Waals surface area contributed by atoms with Crippen molar-refractivity contribution >= 4 is 29.2 Å². The van der Waals surface area contributed by atoms with E-state index in [1.165, 1.54) is 7.11 Å². The molecule has 1 heterocycles. The normalized spacial score (nSPS) is 13.8. The van der Waals surface area contributed by atoms with Gasteiger partial charge in [0.15, 0.2) is 0 Å². The third kappa shape index (κ3) is 5.85. The largest absolute Gasteiger partial charge is 0.469 e. The number of nitrogens with zero attached hydrogens (tertiary/aromatic N) is 3. The van der Waals surface area contributed by atoms with E-state index in [4.69, 9.17) is 16.3 Å². The van der Waals surface area contributed by atoms with Crippen LogP contribution in [0.2, 0.25) is 5.02 Å². The fourth-order valence-corrected chi connectivity index (χ4v) is 3.88. The number of anilines is 1. The minimum atomic E-state index is -0.515. The Bertz CT molecular complexity index is 950. The number of hydrogen-bond acceptors (Lipinski definition) is 5. The van der Waals surface area contributed by atoms with Crippen molar-refractivity contribution in [2.45, 2.75) is 71.8 Å². The molecule has 0 aliphatic heterocycles. The molecule has 3 rings (SSSR count). The lowest BCUT2D eigenvalue weighted by Crippen LogP contribution is -2.25. The second-order valence-electron chi connectivity index (χ2n) is 8.82. The lowest BCUT2D eigenvalue weighted by Gasteiger charge is -2.21. The van der Waals surface area contributed by atoms with Gasteiger partial charge in [0.2, 0.25) is 5.91 Å². The average molecular weight is 447 g/mol. The number of benzene rings is 1. The van der Waals surface area contributed by atoms with Crippen molar-refractivity contribution in [1.82, 2.24) is 14.8 Å². The third-order valence-electron chi connectivity index (χ3n) is 5.81. The van der Waals surface area contributed by atoms with Gasteiger partial charge in [-0.1, -0.05) is 17.7 Å². The Morgan fingerprint density at radius 3 is 2.55 bits per heavy atom. The summed E-state index contributed by atoms with van der Waals surface area (Å²) in [7, 11) is 1.42. The van der Waals surface area contributed by atoms with Gasteiger partial charge in [0, 0.05) is 36.0 Å². The molecule has 1 aliphatic carbocycles. The van der Waals surface area contributed by atoms with E-state index in [0.29, 0.717) is 30.3 Å². The molecule has 1 fully saturated rings. The Kier molecular flexibility index (Phi) is 7.36. The highest BCUT2D eigenvalue weighted by Crippen LogP contribution is 2.37. The molecule has 31 heavy (non-hydrogen) atoms. The quantitative estimate of drug-likeness (QED) is 0.536. The van der Waals surface area contributed by atoms with E-state index in [-0.39, 0.29) is 11.9 Å². The van der Waals surface area contributed by atoms with Crippen LogP contribution in [0.4, 0.5) is 5.69 Å². The Balaban J connectivity index is 1.58. The number of aryl methyl sites for hydroxylation is 2. The summed E-state index contributed by atoms with van der Waals surface area (Å²) < 4.78 is 7.08. The summed E-state index contributed by atoms with van der Waals surface area (Å²) in [6, 6.07) is 5.90. The summed E-state index contributed by atoms with van der Waals surface area (Å²) >= 11 is 6.13. The van der Waals surface area contributed by atoms with Gasteiger partial charge in [-0.05, 0) is 64.2 Å². The fourth-order valence-electron chi connectivity index (χ4n) is 3.70. The first-order valence-electron chi connectivity index (χ1n) is 10.8. The van der Waals surface area contributed by atoms with Crippen molar-refractivity contribution in [3.8, 4) is 0 Å². The first-order chi connectivity index (χ1) is 14.7. The van der Waals surface area contributed by atoms with E-state index in [1.54, 1.807) is 6.07 Å². The first-order valence-corrected chi connectivity index (χ1v) is 11.2. The molecular formula is C23H31ClN4O3. The van der Waals surface area contributed by atoms with Crippen LogP contribution in [0.5, 0.6) is 0 Å². The molecule has 0 atom stereocenters. The maximum absolute atomic E-state index is 12.5. The molecule has 1 aliphatic rings. The summed E-state index contributed by atoms with van der Waals surface area (Å²) in [6.07, 6.45) is 5.36. The van der Waals surface area contributed by atoms with E-state index in [9.17, 15) is 9.59 Å². The number of rotatable bonds is 10. The molecule has 0 bridgehead atoms. The van der Waals surface area contributed by atoms with Crippen molar-refractivity contribution in [1.29, 1.82) is 0 Å². The zero-order valence-electron chi connectivity index (χ0n) is 18.7. The fraction of sp³-hybridized carbons (Fsp3) is 0.565. The predicted octanol–water partition coefficient (Wildman–Crippen LogP) is 4.67. The second-order valence-corrected chi connectivity index (χ2v) is 9.23. The molecule has 0 unspecified atom stereocenters. The topological polar surface area (TPSA) is 86.1 Å². The smallest absolute Gasteiger partial charge is 0.311 e. The molecule has 1 N–H and O–H groups in total. The van der Waals surface area contributed by atoms with Crippen molar-refractivity contribution in [3.63, 3.8) is 0 Å². The Labute approximate surface area is 188 Å². The molecular weight excluding hydrogens is 416 g/mol. The molecule has 2 aromatic rings. The van der Waals surface area contributed by atoms with E-state index in [0.717, 1.165) is 48.6 Å². The number of esters is 1. The van der Waals surface area contributed by atoms with Gasteiger partial charge in [0.05, 0.1) is 12.5 Å². The molecule has 7 nitrogen and oxygen atoms in total. The van der Waals surface area contributed by atoms with Gasteiger partial charge < -0.3 is 14.6 Å². The van der Waals surface area contributed by atoms with Gasteiger partial charge in [-0.25, -0.2) is 0 Å². The van der Waals surface area contributed by atoms with Crippen LogP contribution in [-0.4, -0.2) is 33.8 Å². The highest BCUT2D eigenvalue weighted by Gasteiger charge is 2.31. The Hall–Kier alpha value is -2.41. The van der Waals surface area contributed by atoms with Crippen LogP contribution in [0.25, 0.3) is 0 Å². The van der Waals surface area contributed by atoms with E-state index >= 15 is 0 Å². The molecule has 8 heteroatoms. The molecule has 0 radical (unpaired) electrons. The minimum Gasteiger partial charge on any atom is -0.469 e. The van der Waals surface area contributed by atoms with Gasteiger partial charge >= 0.3 is 5.97 Å². The van der Waals surface area contributed by atoms with Crippen molar-refractivity contribution < 1.29 is 14.3 Å². The molecule has 0 saturated heterocycles. The van der Waals surface area contributed by atoms with Crippen LogP contribution in [0.3, 0.4) is 0 Å². The Morgan fingerprint density at radius 2 is 1.90 bits per heavy atom. The van der Waals surface area contributed by atoms with Gasteiger partial charge in [-0.3, -0.25) is 9.59 Å². The van der Waals surface area contributed by atoms with Crippen LogP contribution < -0.4 is 5.32 Å². The molecule has 1 aromatic heterocycles. The Morgan fingerprint density at radius 1 is 1.23 bits per heavy atom. The van der Waals surface area contributed by atoms with Gasteiger partial charge in [0.1, 0.15) is 11.6 Å². The molecule has 1 aromatic carbocycles. The number of hydrogen-bond donors (Lipinski definition) is 1. The number of carbonyl (C=O) groups is 2. The molecule has 1 saturated carbocycles. The number of ether oxygens (including phenoxy) is 1. The number of nitrogens with one attached hydrogen (secondary N) is 1. The van der Waals surface area contributed by atoms with Gasteiger partial charge in [-0.2, -0.15) is 0 Å². The van der Waals surface area contributed by atoms with Crippen molar-refractivity contribution in [2.75, 3.05) is 12.4 Å².